The molecule has 1 saturated heterocycles. The Labute approximate surface area is 186 Å². The number of aromatic nitrogens is 3. The first-order chi connectivity index (χ1) is 15.2. The summed E-state index contributed by atoms with van der Waals surface area (Å²) in [7, 11) is 0. The SMILES string of the molecule is O=C(NC1CCCCC1)N1CCC(c2nc(-c3cc(Cl)c4ccccc4n3)no2)CC1. The molecular weight excluding hydrogens is 414 g/mol. The Bertz CT molecular complexity index is 1070. The summed E-state index contributed by atoms with van der Waals surface area (Å²) >= 11 is 6.41. The summed E-state index contributed by atoms with van der Waals surface area (Å²) in [5.74, 6) is 1.20. The van der Waals surface area contributed by atoms with Gasteiger partial charge in [0.1, 0.15) is 5.69 Å². The third-order valence-electron chi connectivity index (χ3n) is 6.40. The maximum atomic E-state index is 12.6. The van der Waals surface area contributed by atoms with E-state index in [0.29, 0.717) is 41.6 Å². The molecule has 1 N–H and O–H groups in total. The van der Waals surface area contributed by atoms with Crippen molar-refractivity contribution in [2.24, 2.45) is 0 Å². The fourth-order valence-corrected chi connectivity index (χ4v) is 4.86. The van der Waals surface area contributed by atoms with Crippen molar-refractivity contribution in [3.05, 3.63) is 41.2 Å². The minimum absolute atomic E-state index is 0.0616. The molecule has 0 bridgehead atoms. The number of nitrogens with one attached hydrogen (secondary N) is 1. The van der Waals surface area contributed by atoms with Crippen LogP contribution in [0.3, 0.4) is 0 Å². The second-order valence-corrected chi connectivity index (χ2v) is 8.92. The summed E-state index contributed by atoms with van der Waals surface area (Å²) in [6.07, 6.45) is 7.52. The first-order valence-electron chi connectivity index (χ1n) is 11.1. The molecule has 7 nitrogen and oxygen atoms in total. The maximum Gasteiger partial charge on any atom is 0.317 e. The zero-order valence-corrected chi connectivity index (χ0v) is 18.1. The van der Waals surface area contributed by atoms with Gasteiger partial charge in [-0.2, -0.15) is 4.98 Å². The van der Waals surface area contributed by atoms with E-state index in [1.165, 1.54) is 19.3 Å². The van der Waals surface area contributed by atoms with E-state index in [0.717, 1.165) is 36.6 Å². The molecule has 1 aliphatic heterocycles. The molecule has 1 aliphatic carbocycles. The second-order valence-electron chi connectivity index (χ2n) is 8.51. The van der Waals surface area contributed by atoms with Crippen molar-refractivity contribution < 1.29 is 9.32 Å². The molecular formula is C23H26ClN5O2. The number of carbonyl (C=O) groups is 1. The molecule has 0 unspecified atom stereocenters. The Morgan fingerprint density at radius 2 is 1.84 bits per heavy atom. The third kappa shape index (κ3) is 4.37. The van der Waals surface area contributed by atoms with Crippen LogP contribution in [0.1, 0.15) is 56.8 Å². The molecule has 3 heterocycles. The number of urea groups is 1. The fraction of sp³-hybridized carbons (Fsp3) is 0.478. The van der Waals surface area contributed by atoms with Crippen LogP contribution >= 0.6 is 11.6 Å². The molecule has 5 rings (SSSR count). The number of benzene rings is 1. The molecule has 2 fully saturated rings. The topological polar surface area (TPSA) is 84.2 Å². The van der Waals surface area contributed by atoms with Gasteiger partial charge < -0.3 is 14.7 Å². The summed E-state index contributed by atoms with van der Waals surface area (Å²) in [5, 5.41) is 8.86. The van der Waals surface area contributed by atoms with Crippen molar-refractivity contribution in [2.75, 3.05) is 13.1 Å². The quantitative estimate of drug-likeness (QED) is 0.609. The Morgan fingerprint density at radius 1 is 1.06 bits per heavy atom. The fourth-order valence-electron chi connectivity index (χ4n) is 4.59. The molecule has 0 spiro atoms. The molecule has 1 saturated carbocycles. The number of halogens is 1. The van der Waals surface area contributed by atoms with E-state index >= 15 is 0 Å². The van der Waals surface area contributed by atoms with E-state index in [9.17, 15) is 4.79 Å². The van der Waals surface area contributed by atoms with Crippen LogP contribution < -0.4 is 5.32 Å². The Hall–Kier alpha value is -2.67. The Morgan fingerprint density at radius 3 is 2.65 bits per heavy atom. The van der Waals surface area contributed by atoms with Gasteiger partial charge in [0.25, 0.3) is 0 Å². The normalized spacial score (nSPS) is 18.4. The number of nitrogens with zero attached hydrogens (tertiary/aromatic N) is 4. The number of carbonyl (C=O) groups excluding carboxylic acids is 1. The lowest BCUT2D eigenvalue weighted by Crippen LogP contribution is -2.48. The summed E-state index contributed by atoms with van der Waals surface area (Å²) in [6.45, 7) is 1.39. The van der Waals surface area contributed by atoms with E-state index in [2.05, 4.69) is 20.4 Å². The summed E-state index contributed by atoms with van der Waals surface area (Å²) in [5.41, 5.74) is 1.40. The summed E-state index contributed by atoms with van der Waals surface area (Å²) in [4.78, 5) is 23.7. The number of fused-ring (bicyclic) bond motifs is 1. The molecule has 2 aliphatic rings. The van der Waals surface area contributed by atoms with Crippen molar-refractivity contribution in [1.29, 1.82) is 0 Å². The van der Waals surface area contributed by atoms with E-state index in [1.54, 1.807) is 6.07 Å². The highest BCUT2D eigenvalue weighted by Crippen LogP contribution is 2.30. The van der Waals surface area contributed by atoms with Crippen LogP contribution in [0.5, 0.6) is 0 Å². The van der Waals surface area contributed by atoms with Crippen LogP contribution in [-0.2, 0) is 0 Å². The van der Waals surface area contributed by atoms with Gasteiger partial charge in [-0.1, -0.05) is 54.2 Å². The second kappa shape index (κ2) is 8.83. The highest BCUT2D eigenvalue weighted by Gasteiger charge is 2.29. The van der Waals surface area contributed by atoms with Crippen LogP contribution in [0, 0.1) is 0 Å². The van der Waals surface area contributed by atoms with Gasteiger partial charge in [0, 0.05) is 30.4 Å². The highest BCUT2D eigenvalue weighted by atomic mass is 35.5. The number of pyridine rings is 1. The standard InChI is InChI=1S/C23H26ClN5O2/c24-18-14-20(26-19-9-5-4-8-17(18)19)21-27-22(31-28-21)15-10-12-29(13-11-15)23(30)25-16-6-2-1-3-7-16/h4-5,8-9,14-16H,1-3,6-7,10-13H2,(H,25,30). The number of rotatable bonds is 3. The predicted octanol–water partition coefficient (Wildman–Crippen LogP) is 5.16. The zero-order chi connectivity index (χ0) is 21.2. The number of para-hydroxylation sites is 1. The molecule has 31 heavy (non-hydrogen) atoms. The van der Waals surface area contributed by atoms with Crippen molar-refractivity contribution >= 4 is 28.5 Å². The average molecular weight is 440 g/mol. The van der Waals surface area contributed by atoms with Gasteiger partial charge in [-0.25, -0.2) is 9.78 Å². The number of piperidine rings is 1. The minimum Gasteiger partial charge on any atom is -0.339 e. The van der Waals surface area contributed by atoms with Gasteiger partial charge in [-0.05, 0) is 37.8 Å². The zero-order valence-electron chi connectivity index (χ0n) is 17.4. The molecule has 3 aromatic rings. The lowest BCUT2D eigenvalue weighted by Gasteiger charge is -2.32. The van der Waals surface area contributed by atoms with Crippen LogP contribution in [0.2, 0.25) is 5.02 Å². The molecule has 0 atom stereocenters. The molecule has 162 valence electrons. The third-order valence-corrected chi connectivity index (χ3v) is 6.71. The van der Waals surface area contributed by atoms with Crippen LogP contribution in [0.15, 0.2) is 34.9 Å². The Balaban J connectivity index is 1.23. The smallest absolute Gasteiger partial charge is 0.317 e. The molecule has 8 heteroatoms. The van der Waals surface area contributed by atoms with Crippen molar-refractivity contribution in [1.82, 2.24) is 25.3 Å². The number of hydrogen-bond donors (Lipinski definition) is 1. The summed E-state index contributed by atoms with van der Waals surface area (Å²) < 4.78 is 5.56. The van der Waals surface area contributed by atoms with E-state index in [-0.39, 0.29) is 11.9 Å². The van der Waals surface area contributed by atoms with Crippen molar-refractivity contribution in [3.8, 4) is 11.5 Å². The van der Waals surface area contributed by atoms with Crippen molar-refractivity contribution in [3.63, 3.8) is 0 Å². The van der Waals surface area contributed by atoms with Gasteiger partial charge in [0.15, 0.2) is 0 Å². The monoisotopic (exact) mass is 439 g/mol. The maximum absolute atomic E-state index is 12.6. The molecule has 2 aromatic heterocycles. The van der Waals surface area contributed by atoms with Crippen molar-refractivity contribution in [2.45, 2.75) is 56.9 Å². The predicted molar refractivity (Wildman–Crippen MR) is 119 cm³/mol. The average Bonchev–Trinajstić information content (AvgIpc) is 3.30. The van der Waals surface area contributed by atoms with E-state index in [1.807, 2.05) is 29.2 Å². The van der Waals surface area contributed by atoms with Gasteiger partial charge >= 0.3 is 6.03 Å². The first kappa shape index (κ1) is 20.2. The number of hydrogen-bond acceptors (Lipinski definition) is 5. The lowest BCUT2D eigenvalue weighted by molar-refractivity contribution is 0.169. The largest absolute Gasteiger partial charge is 0.339 e. The van der Waals surface area contributed by atoms with E-state index < -0.39 is 0 Å². The summed E-state index contributed by atoms with van der Waals surface area (Å²) in [6, 6.07) is 9.88. The van der Waals surface area contributed by atoms with Gasteiger partial charge in [0.2, 0.25) is 11.7 Å². The first-order valence-corrected chi connectivity index (χ1v) is 11.5. The molecule has 0 radical (unpaired) electrons. The molecule has 2 amide bonds. The molecule has 1 aromatic carbocycles. The van der Waals surface area contributed by atoms with Crippen LogP contribution in [0.4, 0.5) is 4.79 Å². The van der Waals surface area contributed by atoms with Crippen LogP contribution in [0.25, 0.3) is 22.4 Å². The highest BCUT2D eigenvalue weighted by molar-refractivity contribution is 6.35. The Kier molecular flexibility index (Phi) is 5.76. The van der Waals surface area contributed by atoms with Crippen LogP contribution in [-0.4, -0.2) is 45.2 Å². The van der Waals surface area contributed by atoms with Gasteiger partial charge in [-0.3, -0.25) is 0 Å². The van der Waals surface area contributed by atoms with Gasteiger partial charge in [0.05, 0.1) is 10.5 Å². The lowest BCUT2D eigenvalue weighted by atomic mass is 9.95. The number of likely N-dealkylation sites (tertiary alicyclic amines) is 1. The minimum atomic E-state index is 0.0616. The number of amides is 2. The van der Waals surface area contributed by atoms with E-state index in [4.69, 9.17) is 16.1 Å². The van der Waals surface area contributed by atoms with Gasteiger partial charge in [-0.15, -0.1) is 0 Å².